The Balaban J connectivity index is 2.15. The van der Waals surface area contributed by atoms with E-state index in [9.17, 15) is 14.7 Å². The normalized spacial score (nSPS) is 11.9. The molecular weight excluding hydrogens is 298 g/mol. The number of aromatic nitrogens is 2. The van der Waals surface area contributed by atoms with E-state index in [0.29, 0.717) is 12.1 Å². The Morgan fingerprint density at radius 1 is 1.30 bits per heavy atom. The van der Waals surface area contributed by atoms with Gasteiger partial charge in [-0.2, -0.15) is 5.10 Å². The Morgan fingerprint density at radius 3 is 2.61 bits per heavy atom. The average Bonchev–Trinajstić information content (AvgIpc) is 2.90. The van der Waals surface area contributed by atoms with Crippen molar-refractivity contribution in [3.05, 3.63) is 42.1 Å². The second-order valence-corrected chi connectivity index (χ2v) is 5.19. The second kappa shape index (κ2) is 7.44. The minimum absolute atomic E-state index is 0.0397. The molecule has 0 aliphatic carbocycles. The van der Waals surface area contributed by atoms with Gasteiger partial charge >= 0.3 is 5.97 Å². The van der Waals surface area contributed by atoms with Crippen LogP contribution in [0.15, 0.2) is 36.4 Å². The predicted molar refractivity (Wildman–Crippen MR) is 83.6 cm³/mol. The number of para-hydroxylation sites is 1. The zero-order valence-corrected chi connectivity index (χ0v) is 12.8. The molecule has 2 rings (SSSR count). The number of carboxylic acids is 1. The molecule has 7 nitrogen and oxygen atoms in total. The summed E-state index contributed by atoms with van der Waals surface area (Å²) in [6, 6.07) is 9.71. The molecule has 0 aliphatic rings. The van der Waals surface area contributed by atoms with E-state index in [4.69, 9.17) is 5.11 Å². The molecule has 3 N–H and O–H groups in total. The van der Waals surface area contributed by atoms with E-state index in [1.54, 1.807) is 24.3 Å². The third kappa shape index (κ3) is 4.32. The van der Waals surface area contributed by atoms with Crippen molar-refractivity contribution in [3.8, 4) is 11.6 Å². The number of aliphatic carboxylic acids is 1. The fourth-order valence-corrected chi connectivity index (χ4v) is 2.29. The SMILES string of the molecule is CCCC(CC(=O)O)NC(=O)c1cc(O)n(-c2ccccc2)n1. The summed E-state index contributed by atoms with van der Waals surface area (Å²) in [5, 5.41) is 25.6. The zero-order valence-electron chi connectivity index (χ0n) is 12.8. The Bertz CT molecular complexity index is 682. The first-order chi connectivity index (χ1) is 11.0. The number of amides is 1. The van der Waals surface area contributed by atoms with Crippen LogP contribution < -0.4 is 5.32 Å². The van der Waals surface area contributed by atoms with Gasteiger partial charge in [-0.1, -0.05) is 31.5 Å². The molecule has 0 saturated heterocycles. The Kier molecular flexibility index (Phi) is 5.35. The van der Waals surface area contributed by atoms with E-state index in [-0.39, 0.29) is 18.0 Å². The number of hydrogen-bond donors (Lipinski definition) is 3. The molecule has 0 bridgehead atoms. The lowest BCUT2D eigenvalue weighted by atomic mass is 10.1. The molecule has 23 heavy (non-hydrogen) atoms. The number of nitrogens with one attached hydrogen (secondary N) is 1. The Hall–Kier alpha value is -2.83. The van der Waals surface area contributed by atoms with Crippen LogP contribution in [0.2, 0.25) is 0 Å². The lowest BCUT2D eigenvalue weighted by Crippen LogP contribution is -2.36. The summed E-state index contributed by atoms with van der Waals surface area (Å²) < 4.78 is 1.25. The first kappa shape index (κ1) is 16.5. The summed E-state index contributed by atoms with van der Waals surface area (Å²) in [5.41, 5.74) is 0.664. The molecule has 2 aromatic rings. The van der Waals surface area contributed by atoms with Gasteiger partial charge < -0.3 is 15.5 Å². The third-order valence-electron chi connectivity index (χ3n) is 3.32. The largest absolute Gasteiger partial charge is 0.493 e. The molecule has 1 amide bonds. The zero-order chi connectivity index (χ0) is 16.8. The third-order valence-corrected chi connectivity index (χ3v) is 3.32. The lowest BCUT2D eigenvalue weighted by Gasteiger charge is -2.14. The van der Waals surface area contributed by atoms with Gasteiger partial charge in [0.25, 0.3) is 5.91 Å². The van der Waals surface area contributed by atoms with Crippen molar-refractivity contribution in [2.75, 3.05) is 0 Å². The van der Waals surface area contributed by atoms with E-state index in [0.717, 1.165) is 6.42 Å². The van der Waals surface area contributed by atoms with Crippen LogP contribution in [-0.4, -0.2) is 37.9 Å². The fourth-order valence-electron chi connectivity index (χ4n) is 2.29. The van der Waals surface area contributed by atoms with Crippen LogP contribution in [0.25, 0.3) is 5.69 Å². The molecule has 122 valence electrons. The van der Waals surface area contributed by atoms with E-state index in [1.165, 1.54) is 10.7 Å². The second-order valence-electron chi connectivity index (χ2n) is 5.19. The predicted octanol–water partition coefficient (Wildman–Crippen LogP) is 1.95. The Labute approximate surface area is 133 Å². The van der Waals surface area contributed by atoms with Crippen LogP contribution in [0, 0.1) is 0 Å². The highest BCUT2D eigenvalue weighted by atomic mass is 16.4. The van der Waals surface area contributed by atoms with Gasteiger partial charge in [0.15, 0.2) is 5.69 Å². The monoisotopic (exact) mass is 317 g/mol. The molecule has 1 unspecified atom stereocenters. The van der Waals surface area contributed by atoms with Crippen LogP contribution in [0.1, 0.15) is 36.7 Å². The van der Waals surface area contributed by atoms with Crippen molar-refractivity contribution in [1.82, 2.24) is 15.1 Å². The molecule has 1 heterocycles. The molecule has 1 atom stereocenters. The maximum atomic E-state index is 12.2. The minimum atomic E-state index is -0.971. The van der Waals surface area contributed by atoms with Crippen LogP contribution in [-0.2, 0) is 4.79 Å². The van der Waals surface area contributed by atoms with Gasteiger partial charge in [0.2, 0.25) is 5.88 Å². The van der Waals surface area contributed by atoms with Crippen molar-refractivity contribution in [1.29, 1.82) is 0 Å². The van der Waals surface area contributed by atoms with E-state index in [2.05, 4.69) is 10.4 Å². The molecular formula is C16H19N3O4. The number of benzene rings is 1. The number of carbonyl (C=O) groups is 2. The van der Waals surface area contributed by atoms with Gasteiger partial charge in [-0.3, -0.25) is 9.59 Å². The van der Waals surface area contributed by atoms with Gasteiger partial charge in [0, 0.05) is 12.1 Å². The summed E-state index contributed by atoms with van der Waals surface area (Å²) in [7, 11) is 0. The summed E-state index contributed by atoms with van der Waals surface area (Å²) in [5.74, 6) is -1.64. The van der Waals surface area contributed by atoms with E-state index in [1.807, 2.05) is 13.0 Å². The minimum Gasteiger partial charge on any atom is -0.493 e. The highest BCUT2D eigenvalue weighted by molar-refractivity contribution is 5.93. The molecule has 1 aromatic carbocycles. The molecule has 0 spiro atoms. The maximum absolute atomic E-state index is 12.2. The van der Waals surface area contributed by atoms with Crippen molar-refractivity contribution >= 4 is 11.9 Å². The van der Waals surface area contributed by atoms with Gasteiger partial charge in [0.05, 0.1) is 12.1 Å². The maximum Gasteiger partial charge on any atom is 0.305 e. The Morgan fingerprint density at radius 2 is 2.00 bits per heavy atom. The molecule has 0 aliphatic heterocycles. The van der Waals surface area contributed by atoms with Crippen LogP contribution >= 0.6 is 0 Å². The van der Waals surface area contributed by atoms with Crippen molar-refractivity contribution in [3.63, 3.8) is 0 Å². The number of carbonyl (C=O) groups excluding carboxylic acids is 1. The topological polar surface area (TPSA) is 104 Å². The molecule has 0 radical (unpaired) electrons. The smallest absolute Gasteiger partial charge is 0.305 e. The van der Waals surface area contributed by atoms with E-state index < -0.39 is 17.9 Å². The van der Waals surface area contributed by atoms with Crippen molar-refractivity contribution < 1.29 is 19.8 Å². The summed E-state index contributed by atoms with van der Waals surface area (Å²) in [6.45, 7) is 1.91. The molecule has 0 fully saturated rings. The van der Waals surface area contributed by atoms with Gasteiger partial charge in [0.1, 0.15) is 0 Å². The standard InChI is InChI=1S/C16H19N3O4/c1-2-6-11(9-15(21)22)17-16(23)13-10-14(20)19(18-13)12-7-4-3-5-8-12/h3-5,7-8,10-11,20H,2,6,9H2,1H3,(H,17,23)(H,21,22). The van der Waals surface area contributed by atoms with Crippen molar-refractivity contribution in [2.24, 2.45) is 0 Å². The molecule has 0 saturated carbocycles. The molecule has 1 aromatic heterocycles. The quantitative estimate of drug-likeness (QED) is 0.724. The van der Waals surface area contributed by atoms with Gasteiger partial charge in [-0.15, -0.1) is 0 Å². The van der Waals surface area contributed by atoms with Crippen molar-refractivity contribution in [2.45, 2.75) is 32.2 Å². The fraction of sp³-hybridized carbons (Fsp3) is 0.312. The number of aromatic hydroxyl groups is 1. The summed E-state index contributed by atoms with van der Waals surface area (Å²) >= 11 is 0. The first-order valence-electron chi connectivity index (χ1n) is 7.38. The van der Waals surface area contributed by atoms with Gasteiger partial charge in [-0.25, -0.2) is 4.68 Å². The van der Waals surface area contributed by atoms with Crippen LogP contribution in [0.3, 0.4) is 0 Å². The number of hydrogen-bond acceptors (Lipinski definition) is 4. The number of rotatable bonds is 7. The number of carboxylic acid groups (broad SMARTS) is 1. The highest BCUT2D eigenvalue weighted by Gasteiger charge is 2.19. The summed E-state index contributed by atoms with van der Waals surface area (Å²) in [6.07, 6.45) is 1.16. The first-order valence-corrected chi connectivity index (χ1v) is 7.38. The number of nitrogens with zero attached hydrogens (tertiary/aromatic N) is 2. The lowest BCUT2D eigenvalue weighted by molar-refractivity contribution is -0.137. The van der Waals surface area contributed by atoms with E-state index >= 15 is 0 Å². The highest BCUT2D eigenvalue weighted by Crippen LogP contribution is 2.18. The van der Waals surface area contributed by atoms with Gasteiger partial charge in [-0.05, 0) is 18.6 Å². The summed E-state index contributed by atoms with van der Waals surface area (Å²) in [4.78, 5) is 23.1. The van der Waals surface area contributed by atoms with Crippen LogP contribution in [0.5, 0.6) is 5.88 Å². The average molecular weight is 317 g/mol. The van der Waals surface area contributed by atoms with Crippen LogP contribution in [0.4, 0.5) is 0 Å². The molecule has 7 heteroatoms.